The SMILES string of the molecule is CCNCc1ccccc1S(=O)(=O)NC1CC(OC)C1. The van der Waals surface area contributed by atoms with Crippen LogP contribution in [0, 0.1) is 0 Å². The predicted molar refractivity (Wildman–Crippen MR) is 78.0 cm³/mol. The minimum absolute atomic E-state index is 0.0165. The molecule has 112 valence electrons. The van der Waals surface area contributed by atoms with Crippen molar-refractivity contribution in [2.24, 2.45) is 0 Å². The third-order valence-corrected chi connectivity index (χ3v) is 5.20. The van der Waals surface area contributed by atoms with E-state index in [0.717, 1.165) is 24.9 Å². The standard InChI is InChI=1S/C14H22N2O3S/c1-3-15-10-11-6-4-5-7-14(11)20(17,18)16-12-8-13(9-12)19-2/h4-7,12-13,15-16H,3,8-10H2,1-2H3. The second-order valence-corrected chi connectivity index (χ2v) is 6.72. The summed E-state index contributed by atoms with van der Waals surface area (Å²) >= 11 is 0. The van der Waals surface area contributed by atoms with E-state index in [9.17, 15) is 8.42 Å². The van der Waals surface area contributed by atoms with Gasteiger partial charge < -0.3 is 10.1 Å². The second-order valence-electron chi connectivity index (χ2n) is 5.04. The van der Waals surface area contributed by atoms with E-state index in [-0.39, 0.29) is 12.1 Å². The molecule has 0 aromatic heterocycles. The number of hydrogen-bond donors (Lipinski definition) is 2. The van der Waals surface area contributed by atoms with Crippen LogP contribution in [-0.2, 0) is 21.3 Å². The minimum atomic E-state index is -3.46. The summed E-state index contributed by atoms with van der Waals surface area (Å²) in [5.41, 5.74) is 0.796. The molecule has 1 aliphatic rings. The summed E-state index contributed by atoms with van der Waals surface area (Å²) in [6.45, 7) is 3.35. The van der Waals surface area contributed by atoms with Gasteiger partial charge in [0.2, 0.25) is 10.0 Å². The van der Waals surface area contributed by atoms with Crippen molar-refractivity contribution in [3.05, 3.63) is 29.8 Å². The molecule has 5 nitrogen and oxygen atoms in total. The van der Waals surface area contributed by atoms with Gasteiger partial charge >= 0.3 is 0 Å². The first-order chi connectivity index (χ1) is 9.56. The van der Waals surface area contributed by atoms with Crippen molar-refractivity contribution in [3.8, 4) is 0 Å². The number of ether oxygens (including phenoxy) is 1. The molecular weight excluding hydrogens is 276 g/mol. The lowest BCUT2D eigenvalue weighted by molar-refractivity contribution is 0.0236. The first-order valence-corrected chi connectivity index (χ1v) is 8.39. The number of sulfonamides is 1. The fraction of sp³-hybridized carbons (Fsp3) is 0.571. The highest BCUT2D eigenvalue weighted by molar-refractivity contribution is 7.89. The van der Waals surface area contributed by atoms with Crippen LogP contribution in [0.3, 0.4) is 0 Å². The van der Waals surface area contributed by atoms with Gasteiger partial charge in [0.05, 0.1) is 11.0 Å². The number of methoxy groups -OCH3 is 1. The average molecular weight is 298 g/mol. The predicted octanol–water partition coefficient (Wildman–Crippen LogP) is 1.25. The van der Waals surface area contributed by atoms with Gasteiger partial charge in [0, 0.05) is 19.7 Å². The molecule has 20 heavy (non-hydrogen) atoms. The van der Waals surface area contributed by atoms with E-state index in [0.29, 0.717) is 11.4 Å². The Balaban J connectivity index is 2.09. The van der Waals surface area contributed by atoms with Gasteiger partial charge in [0.1, 0.15) is 0 Å². The lowest BCUT2D eigenvalue weighted by Gasteiger charge is -2.34. The lowest BCUT2D eigenvalue weighted by Crippen LogP contribution is -2.47. The van der Waals surface area contributed by atoms with Gasteiger partial charge in [-0.2, -0.15) is 0 Å². The number of hydrogen-bond acceptors (Lipinski definition) is 4. The molecule has 0 bridgehead atoms. The highest BCUT2D eigenvalue weighted by Gasteiger charge is 2.33. The molecule has 1 fully saturated rings. The van der Waals surface area contributed by atoms with Crippen LogP contribution in [0.25, 0.3) is 0 Å². The molecule has 1 aliphatic carbocycles. The van der Waals surface area contributed by atoms with Gasteiger partial charge in [-0.05, 0) is 31.0 Å². The zero-order chi connectivity index (χ0) is 14.6. The molecule has 1 saturated carbocycles. The molecule has 0 saturated heterocycles. The molecule has 0 radical (unpaired) electrons. The Morgan fingerprint density at radius 2 is 2.00 bits per heavy atom. The number of nitrogens with one attached hydrogen (secondary N) is 2. The van der Waals surface area contributed by atoms with Gasteiger partial charge in [-0.15, -0.1) is 0 Å². The highest BCUT2D eigenvalue weighted by atomic mass is 32.2. The van der Waals surface area contributed by atoms with Crippen molar-refractivity contribution in [2.75, 3.05) is 13.7 Å². The van der Waals surface area contributed by atoms with E-state index in [4.69, 9.17) is 4.74 Å². The van der Waals surface area contributed by atoms with Crippen molar-refractivity contribution in [3.63, 3.8) is 0 Å². The largest absolute Gasteiger partial charge is 0.381 e. The monoisotopic (exact) mass is 298 g/mol. The van der Waals surface area contributed by atoms with Gasteiger partial charge in [-0.3, -0.25) is 0 Å². The zero-order valence-electron chi connectivity index (χ0n) is 11.9. The fourth-order valence-electron chi connectivity index (χ4n) is 2.31. The molecule has 1 aromatic carbocycles. The Bertz CT molecular complexity index is 539. The summed E-state index contributed by atoms with van der Waals surface area (Å²) in [4.78, 5) is 0.363. The topological polar surface area (TPSA) is 67.4 Å². The molecule has 0 aliphatic heterocycles. The summed E-state index contributed by atoms with van der Waals surface area (Å²) < 4.78 is 32.8. The molecule has 0 amide bonds. The van der Waals surface area contributed by atoms with Crippen molar-refractivity contribution >= 4 is 10.0 Å². The molecular formula is C14H22N2O3S. The van der Waals surface area contributed by atoms with Gasteiger partial charge in [0.25, 0.3) is 0 Å². The molecule has 2 N–H and O–H groups in total. The number of benzene rings is 1. The highest BCUT2D eigenvalue weighted by Crippen LogP contribution is 2.25. The van der Waals surface area contributed by atoms with Crippen LogP contribution in [0.5, 0.6) is 0 Å². The summed E-state index contributed by atoms with van der Waals surface area (Å²) in [5, 5.41) is 3.16. The molecule has 0 spiro atoms. The van der Waals surface area contributed by atoms with E-state index in [1.54, 1.807) is 19.2 Å². The molecule has 1 aromatic rings. The third-order valence-electron chi connectivity index (χ3n) is 3.58. The average Bonchev–Trinajstić information content (AvgIpc) is 2.40. The Hall–Kier alpha value is -0.950. The molecule has 2 rings (SSSR count). The van der Waals surface area contributed by atoms with Crippen LogP contribution in [0.15, 0.2) is 29.2 Å². The van der Waals surface area contributed by atoms with Gasteiger partial charge in [0.15, 0.2) is 0 Å². The molecule has 0 heterocycles. The van der Waals surface area contributed by atoms with E-state index in [1.807, 2.05) is 19.1 Å². The zero-order valence-corrected chi connectivity index (χ0v) is 12.7. The Morgan fingerprint density at radius 1 is 1.30 bits per heavy atom. The smallest absolute Gasteiger partial charge is 0.241 e. The Kier molecular flexibility index (Phi) is 5.15. The Labute approximate surface area is 120 Å². The maximum atomic E-state index is 12.4. The van der Waals surface area contributed by atoms with Crippen LogP contribution >= 0.6 is 0 Å². The lowest BCUT2D eigenvalue weighted by atomic mass is 9.90. The van der Waals surface area contributed by atoms with Crippen molar-refractivity contribution in [1.29, 1.82) is 0 Å². The molecule has 0 atom stereocenters. The maximum Gasteiger partial charge on any atom is 0.241 e. The van der Waals surface area contributed by atoms with E-state index < -0.39 is 10.0 Å². The van der Waals surface area contributed by atoms with E-state index in [1.165, 1.54) is 0 Å². The van der Waals surface area contributed by atoms with Crippen LogP contribution in [0.2, 0.25) is 0 Å². The van der Waals surface area contributed by atoms with Crippen LogP contribution < -0.4 is 10.0 Å². The van der Waals surface area contributed by atoms with E-state index in [2.05, 4.69) is 10.0 Å². The molecule has 6 heteroatoms. The quantitative estimate of drug-likeness (QED) is 0.795. The summed E-state index contributed by atoms with van der Waals surface area (Å²) in [5.74, 6) is 0. The van der Waals surface area contributed by atoms with Crippen molar-refractivity contribution in [1.82, 2.24) is 10.0 Å². The second kappa shape index (κ2) is 6.67. The summed E-state index contributed by atoms with van der Waals surface area (Å²) in [7, 11) is -1.80. The van der Waals surface area contributed by atoms with Gasteiger partial charge in [-0.1, -0.05) is 25.1 Å². The van der Waals surface area contributed by atoms with E-state index >= 15 is 0 Å². The molecule has 0 unspecified atom stereocenters. The van der Waals surface area contributed by atoms with Crippen LogP contribution in [-0.4, -0.2) is 34.2 Å². The fourth-order valence-corrected chi connectivity index (χ4v) is 3.81. The minimum Gasteiger partial charge on any atom is -0.381 e. The number of rotatable bonds is 7. The van der Waals surface area contributed by atoms with Crippen molar-refractivity contribution < 1.29 is 13.2 Å². The summed E-state index contributed by atoms with van der Waals surface area (Å²) in [6, 6.07) is 7.09. The summed E-state index contributed by atoms with van der Waals surface area (Å²) in [6.07, 6.45) is 1.66. The van der Waals surface area contributed by atoms with Crippen LogP contribution in [0.1, 0.15) is 25.3 Å². The maximum absolute atomic E-state index is 12.4. The normalized spacial score (nSPS) is 22.5. The first kappa shape index (κ1) is 15.4. The van der Waals surface area contributed by atoms with Gasteiger partial charge in [-0.25, -0.2) is 13.1 Å². The van der Waals surface area contributed by atoms with Crippen molar-refractivity contribution in [2.45, 2.75) is 43.4 Å². The van der Waals surface area contributed by atoms with Crippen LogP contribution in [0.4, 0.5) is 0 Å². The Morgan fingerprint density at radius 3 is 2.65 bits per heavy atom. The first-order valence-electron chi connectivity index (χ1n) is 6.90. The third kappa shape index (κ3) is 3.58.